The summed E-state index contributed by atoms with van der Waals surface area (Å²) in [4.78, 5) is 0. The van der Waals surface area contributed by atoms with Gasteiger partial charge in [0.15, 0.2) is 0 Å². The van der Waals surface area contributed by atoms with Gasteiger partial charge in [0.25, 0.3) is 0 Å². The summed E-state index contributed by atoms with van der Waals surface area (Å²) in [6.07, 6.45) is 4.97. The van der Waals surface area contributed by atoms with E-state index in [0.29, 0.717) is 5.92 Å². The Morgan fingerprint density at radius 3 is 2.80 bits per heavy atom. The SMILES string of the molecule is CCCNCC(CC1CCOCC1)c1cccc(C)c1. The van der Waals surface area contributed by atoms with Gasteiger partial charge in [0, 0.05) is 19.8 Å². The predicted molar refractivity (Wildman–Crippen MR) is 85.2 cm³/mol. The van der Waals surface area contributed by atoms with Crippen LogP contribution in [-0.2, 0) is 4.74 Å². The second-order valence-electron chi connectivity index (χ2n) is 6.11. The fraction of sp³-hybridized carbons (Fsp3) is 0.667. The second kappa shape index (κ2) is 8.43. The zero-order valence-electron chi connectivity index (χ0n) is 13.0. The summed E-state index contributed by atoms with van der Waals surface area (Å²) in [5, 5.41) is 3.61. The molecule has 0 saturated carbocycles. The average Bonchev–Trinajstić information content (AvgIpc) is 2.47. The first-order chi connectivity index (χ1) is 9.79. The molecule has 112 valence electrons. The lowest BCUT2D eigenvalue weighted by molar-refractivity contribution is 0.0616. The Bertz CT molecular complexity index is 385. The number of hydrogen-bond acceptors (Lipinski definition) is 2. The van der Waals surface area contributed by atoms with E-state index < -0.39 is 0 Å². The third-order valence-corrected chi connectivity index (χ3v) is 4.29. The van der Waals surface area contributed by atoms with Crippen LogP contribution >= 0.6 is 0 Å². The van der Waals surface area contributed by atoms with Gasteiger partial charge < -0.3 is 10.1 Å². The van der Waals surface area contributed by atoms with Crippen LogP contribution < -0.4 is 5.32 Å². The topological polar surface area (TPSA) is 21.3 Å². The van der Waals surface area contributed by atoms with E-state index in [2.05, 4.69) is 43.4 Å². The minimum atomic E-state index is 0.643. The lowest BCUT2D eigenvalue weighted by atomic mass is 9.84. The maximum Gasteiger partial charge on any atom is 0.0468 e. The van der Waals surface area contributed by atoms with Crippen molar-refractivity contribution in [1.29, 1.82) is 0 Å². The van der Waals surface area contributed by atoms with Crippen LogP contribution in [-0.4, -0.2) is 26.3 Å². The molecule has 2 rings (SSSR count). The van der Waals surface area contributed by atoms with Crippen LogP contribution in [0, 0.1) is 12.8 Å². The predicted octanol–water partition coefficient (Wildman–Crippen LogP) is 3.89. The lowest BCUT2D eigenvalue weighted by Gasteiger charge is -2.27. The Balaban J connectivity index is 1.99. The van der Waals surface area contributed by atoms with Crippen molar-refractivity contribution in [2.45, 2.75) is 45.4 Å². The Labute approximate surface area is 123 Å². The molecule has 1 aliphatic rings. The van der Waals surface area contributed by atoms with Crippen molar-refractivity contribution in [2.24, 2.45) is 5.92 Å². The molecule has 0 spiro atoms. The molecule has 1 fully saturated rings. The van der Waals surface area contributed by atoms with Gasteiger partial charge in [-0.1, -0.05) is 36.8 Å². The molecule has 1 heterocycles. The van der Waals surface area contributed by atoms with E-state index in [9.17, 15) is 0 Å². The molecule has 2 nitrogen and oxygen atoms in total. The normalized spacial score (nSPS) is 18.1. The minimum absolute atomic E-state index is 0.643. The van der Waals surface area contributed by atoms with Crippen molar-refractivity contribution in [3.63, 3.8) is 0 Å². The second-order valence-corrected chi connectivity index (χ2v) is 6.11. The van der Waals surface area contributed by atoms with Gasteiger partial charge in [0.05, 0.1) is 0 Å². The highest BCUT2D eigenvalue weighted by Gasteiger charge is 2.20. The van der Waals surface area contributed by atoms with E-state index in [1.807, 2.05) is 0 Å². The number of benzene rings is 1. The van der Waals surface area contributed by atoms with E-state index in [0.717, 1.165) is 32.2 Å². The molecule has 1 atom stereocenters. The standard InChI is InChI=1S/C18H29NO/c1-3-9-19-14-18(13-16-7-10-20-11-8-16)17-6-4-5-15(2)12-17/h4-6,12,16,18-19H,3,7-11,13-14H2,1-2H3. The van der Waals surface area contributed by atoms with Gasteiger partial charge in [-0.3, -0.25) is 0 Å². The number of hydrogen-bond donors (Lipinski definition) is 1. The summed E-state index contributed by atoms with van der Waals surface area (Å²) in [6, 6.07) is 9.04. The Morgan fingerprint density at radius 2 is 2.10 bits per heavy atom. The van der Waals surface area contributed by atoms with Crippen LogP contribution in [0.1, 0.15) is 49.7 Å². The van der Waals surface area contributed by atoms with Crippen molar-refractivity contribution in [2.75, 3.05) is 26.3 Å². The summed E-state index contributed by atoms with van der Waals surface area (Å²) < 4.78 is 5.49. The van der Waals surface area contributed by atoms with Crippen LogP contribution in [0.15, 0.2) is 24.3 Å². The molecule has 1 saturated heterocycles. The van der Waals surface area contributed by atoms with Crippen LogP contribution in [0.4, 0.5) is 0 Å². The summed E-state index contributed by atoms with van der Waals surface area (Å²) >= 11 is 0. The summed E-state index contributed by atoms with van der Waals surface area (Å²) in [6.45, 7) is 8.55. The maximum absolute atomic E-state index is 5.49. The maximum atomic E-state index is 5.49. The van der Waals surface area contributed by atoms with Crippen molar-refractivity contribution < 1.29 is 4.74 Å². The summed E-state index contributed by atoms with van der Waals surface area (Å²) in [5.74, 6) is 1.47. The first kappa shape index (κ1) is 15.5. The third kappa shape index (κ3) is 4.92. The highest BCUT2D eigenvalue weighted by atomic mass is 16.5. The molecular formula is C18H29NO. The zero-order chi connectivity index (χ0) is 14.2. The highest BCUT2D eigenvalue weighted by molar-refractivity contribution is 5.25. The molecule has 1 N–H and O–H groups in total. The molecule has 0 aromatic heterocycles. The Morgan fingerprint density at radius 1 is 1.30 bits per heavy atom. The van der Waals surface area contributed by atoms with Gasteiger partial charge >= 0.3 is 0 Å². The van der Waals surface area contributed by atoms with Crippen LogP contribution in [0.3, 0.4) is 0 Å². The van der Waals surface area contributed by atoms with Crippen molar-refractivity contribution >= 4 is 0 Å². The van der Waals surface area contributed by atoms with E-state index in [1.165, 1.54) is 36.8 Å². The fourth-order valence-electron chi connectivity index (χ4n) is 3.10. The van der Waals surface area contributed by atoms with Gasteiger partial charge in [0.1, 0.15) is 0 Å². The van der Waals surface area contributed by atoms with Crippen LogP contribution in [0.25, 0.3) is 0 Å². The molecule has 0 bridgehead atoms. The van der Waals surface area contributed by atoms with E-state index in [1.54, 1.807) is 0 Å². The molecule has 20 heavy (non-hydrogen) atoms. The molecule has 2 heteroatoms. The van der Waals surface area contributed by atoms with Crippen molar-refractivity contribution in [3.8, 4) is 0 Å². The third-order valence-electron chi connectivity index (χ3n) is 4.29. The smallest absolute Gasteiger partial charge is 0.0468 e. The molecule has 0 aliphatic carbocycles. The van der Waals surface area contributed by atoms with E-state index in [-0.39, 0.29) is 0 Å². The zero-order valence-corrected chi connectivity index (χ0v) is 13.0. The molecular weight excluding hydrogens is 246 g/mol. The molecule has 1 aromatic rings. The van der Waals surface area contributed by atoms with Gasteiger partial charge in [-0.05, 0) is 56.6 Å². The lowest BCUT2D eigenvalue weighted by Crippen LogP contribution is -2.26. The molecule has 1 aromatic carbocycles. The molecule has 0 radical (unpaired) electrons. The summed E-state index contributed by atoms with van der Waals surface area (Å²) in [5.41, 5.74) is 2.87. The average molecular weight is 275 g/mol. The van der Waals surface area contributed by atoms with Gasteiger partial charge in [0.2, 0.25) is 0 Å². The summed E-state index contributed by atoms with van der Waals surface area (Å²) in [7, 11) is 0. The van der Waals surface area contributed by atoms with E-state index >= 15 is 0 Å². The number of nitrogens with one attached hydrogen (secondary N) is 1. The van der Waals surface area contributed by atoms with Gasteiger partial charge in [-0.2, -0.15) is 0 Å². The monoisotopic (exact) mass is 275 g/mol. The first-order valence-electron chi connectivity index (χ1n) is 8.14. The largest absolute Gasteiger partial charge is 0.381 e. The minimum Gasteiger partial charge on any atom is -0.381 e. The molecule has 0 amide bonds. The Kier molecular flexibility index (Phi) is 6.55. The van der Waals surface area contributed by atoms with Gasteiger partial charge in [-0.15, -0.1) is 0 Å². The van der Waals surface area contributed by atoms with Crippen LogP contribution in [0.5, 0.6) is 0 Å². The number of aryl methyl sites for hydroxylation is 1. The number of rotatable bonds is 7. The molecule has 1 unspecified atom stereocenters. The van der Waals surface area contributed by atoms with Gasteiger partial charge in [-0.25, -0.2) is 0 Å². The van der Waals surface area contributed by atoms with E-state index in [4.69, 9.17) is 4.74 Å². The molecule has 1 aliphatic heterocycles. The fourth-order valence-corrected chi connectivity index (χ4v) is 3.10. The van der Waals surface area contributed by atoms with Crippen molar-refractivity contribution in [3.05, 3.63) is 35.4 Å². The number of ether oxygens (including phenoxy) is 1. The first-order valence-corrected chi connectivity index (χ1v) is 8.14. The Hall–Kier alpha value is -0.860. The van der Waals surface area contributed by atoms with Crippen molar-refractivity contribution in [1.82, 2.24) is 5.32 Å². The quantitative estimate of drug-likeness (QED) is 0.762. The van der Waals surface area contributed by atoms with Crippen LogP contribution in [0.2, 0.25) is 0 Å². The highest BCUT2D eigenvalue weighted by Crippen LogP contribution is 2.29.